The van der Waals surface area contributed by atoms with Crippen molar-refractivity contribution in [2.24, 2.45) is 11.3 Å². The van der Waals surface area contributed by atoms with E-state index in [2.05, 4.69) is 32.9 Å². The molecule has 1 aliphatic rings. The maximum atomic E-state index is 12.5. The van der Waals surface area contributed by atoms with Crippen LogP contribution < -0.4 is 0 Å². The largest absolute Gasteiger partial charge is 0.392 e. The molecular weight excluding hydrogens is 528 g/mol. The summed E-state index contributed by atoms with van der Waals surface area (Å²) in [6, 6.07) is 0. The van der Waals surface area contributed by atoms with E-state index in [-0.39, 0.29) is 6.42 Å². The molecule has 0 aliphatic carbocycles. The predicted molar refractivity (Wildman–Crippen MR) is 186 cm³/mol. The summed E-state index contributed by atoms with van der Waals surface area (Å²) in [6.45, 7) is 6.92. The molecule has 0 radical (unpaired) electrons. The second kappa shape index (κ2) is 28.1. The Morgan fingerprint density at radius 1 is 0.558 bits per heavy atom. The monoisotopic (exact) mass is 601 g/mol. The molecule has 1 heterocycles. The summed E-state index contributed by atoms with van der Waals surface area (Å²) in [5, 5.41) is 0. The molecule has 1 saturated heterocycles. The van der Waals surface area contributed by atoms with Crippen molar-refractivity contribution < 1.29 is 14.3 Å². The average molecular weight is 601 g/mol. The number of carbonyl (C=O) groups is 2. The van der Waals surface area contributed by atoms with Crippen molar-refractivity contribution in [3.8, 4) is 0 Å². The van der Waals surface area contributed by atoms with Crippen LogP contribution in [0.4, 0.5) is 0 Å². The summed E-state index contributed by atoms with van der Waals surface area (Å²) in [6.07, 6.45) is 45.4. The normalized spacial score (nSPS) is 17.3. The lowest BCUT2D eigenvalue weighted by atomic mass is 9.84. The Bertz CT molecular complexity index is 721. The number of carbonyl (C=O) groups excluding carboxylic acids is 2. The Kier molecular flexibility index (Phi) is 25.9. The number of unbranched alkanes of at least 4 members (excludes halogenated alkanes) is 25. The molecule has 0 bridgehead atoms. The molecule has 0 N–H and O–H groups in total. The summed E-state index contributed by atoms with van der Waals surface area (Å²) in [4.78, 5) is 24.4. The van der Waals surface area contributed by atoms with E-state index < -0.39 is 17.4 Å². The van der Waals surface area contributed by atoms with Gasteiger partial charge >= 0.3 is 11.9 Å². The van der Waals surface area contributed by atoms with Gasteiger partial charge in [-0.3, -0.25) is 9.59 Å². The van der Waals surface area contributed by atoms with Crippen LogP contribution in [0.3, 0.4) is 0 Å². The van der Waals surface area contributed by atoms with Gasteiger partial charge in [0.15, 0.2) is 0 Å². The van der Waals surface area contributed by atoms with Crippen molar-refractivity contribution >= 4 is 11.9 Å². The zero-order chi connectivity index (χ0) is 31.3. The van der Waals surface area contributed by atoms with E-state index in [1.165, 1.54) is 154 Å². The van der Waals surface area contributed by atoms with E-state index in [9.17, 15) is 9.59 Å². The topological polar surface area (TPSA) is 43.4 Å². The first-order valence-corrected chi connectivity index (χ1v) is 19.1. The van der Waals surface area contributed by atoms with Crippen LogP contribution in [0.15, 0.2) is 24.3 Å². The smallest absolute Gasteiger partial charge is 0.328 e. The van der Waals surface area contributed by atoms with E-state index in [1.54, 1.807) is 0 Å². The van der Waals surface area contributed by atoms with Crippen LogP contribution in [0, 0.1) is 11.3 Å². The first kappa shape index (κ1) is 39.6. The van der Waals surface area contributed by atoms with Gasteiger partial charge in [-0.15, -0.1) is 0 Å². The van der Waals surface area contributed by atoms with E-state index >= 15 is 0 Å². The molecule has 3 nitrogen and oxygen atoms in total. The predicted octanol–water partition coefficient (Wildman–Crippen LogP) is 13.2. The molecule has 0 amide bonds. The molecule has 1 fully saturated rings. The Morgan fingerprint density at radius 3 is 1.23 bits per heavy atom. The number of hydrogen-bond acceptors (Lipinski definition) is 3. The molecule has 3 heteroatoms. The minimum absolute atomic E-state index is 0.148. The minimum atomic E-state index is -0.873. The zero-order valence-electron chi connectivity index (χ0n) is 29.1. The third kappa shape index (κ3) is 22.7. The van der Waals surface area contributed by atoms with Gasteiger partial charge in [-0.1, -0.05) is 199 Å². The number of cyclic esters (lactones) is 2. The van der Waals surface area contributed by atoms with Crippen LogP contribution in [0.25, 0.3) is 0 Å². The Labute approximate surface area is 268 Å². The van der Waals surface area contributed by atoms with Crippen molar-refractivity contribution in [3.63, 3.8) is 0 Å². The third-order valence-corrected chi connectivity index (χ3v) is 9.23. The standard InChI is InChI=1S/C40H72O3/c1-4-5-6-7-8-9-10-11-12-13-16-19-22-25-28-31-34-40(36-38(41)43-39(40)42)35-32-29-26-23-20-17-14-15-18-21-24-27-30-33-37(2)3/h31-32,34-35,37H,4-30,33,36H2,1-3H3. The summed E-state index contributed by atoms with van der Waals surface area (Å²) in [5.74, 6) is 0.0580. The quantitative estimate of drug-likeness (QED) is 0.0344. The molecule has 0 aromatic carbocycles. The second-order valence-electron chi connectivity index (χ2n) is 14.0. The lowest BCUT2D eigenvalue weighted by Crippen LogP contribution is -2.21. The van der Waals surface area contributed by atoms with Crippen LogP contribution in [0.5, 0.6) is 0 Å². The minimum Gasteiger partial charge on any atom is -0.392 e. The SMILES string of the molecule is CCCCCCCCCCCCCCCCC=CC1(C=CCCCCCCCCCCCCCC(C)C)CC(=O)OC1=O. The fourth-order valence-corrected chi connectivity index (χ4v) is 6.30. The molecule has 0 aromatic heterocycles. The van der Waals surface area contributed by atoms with Gasteiger partial charge in [0.05, 0.1) is 6.42 Å². The fourth-order valence-electron chi connectivity index (χ4n) is 6.30. The van der Waals surface area contributed by atoms with Gasteiger partial charge in [-0.2, -0.15) is 0 Å². The maximum absolute atomic E-state index is 12.5. The highest BCUT2D eigenvalue weighted by Crippen LogP contribution is 2.35. The van der Waals surface area contributed by atoms with E-state index in [0.717, 1.165) is 31.6 Å². The van der Waals surface area contributed by atoms with Crippen LogP contribution in [0.1, 0.15) is 207 Å². The summed E-state index contributed by atoms with van der Waals surface area (Å²) in [7, 11) is 0. The lowest BCUT2D eigenvalue weighted by Gasteiger charge is -2.14. The van der Waals surface area contributed by atoms with Gasteiger partial charge in [0.25, 0.3) is 0 Å². The van der Waals surface area contributed by atoms with Gasteiger partial charge in [0.2, 0.25) is 0 Å². The van der Waals surface area contributed by atoms with E-state index in [0.29, 0.717) is 0 Å². The molecule has 0 aromatic rings. The van der Waals surface area contributed by atoms with Crippen LogP contribution in [0.2, 0.25) is 0 Å². The van der Waals surface area contributed by atoms with Crippen molar-refractivity contribution in [3.05, 3.63) is 24.3 Å². The number of allylic oxidation sites excluding steroid dienone is 2. The molecule has 1 unspecified atom stereocenters. The number of ether oxygens (including phenoxy) is 1. The third-order valence-electron chi connectivity index (χ3n) is 9.23. The van der Waals surface area contributed by atoms with Gasteiger partial charge < -0.3 is 4.74 Å². The van der Waals surface area contributed by atoms with Crippen molar-refractivity contribution in [1.82, 2.24) is 0 Å². The first-order valence-electron chi connectivity index (χ1n) is 19.1. The molecule has 1 rings (SSSR count). The van der Waals surface area contributed by atoms with E-state index in [1.807, 2.05) is 12.2 Å². The average Bonchev–Trinajstić information content (AvgIpc) is 3.26. The first-order chi connectivity index (χ1) is 21.0. The molecule has 0 saturated carbocycles. The highest BCUT2D eigenvalue weighted by molar-refractivity contribution is 6.00. The van der Waals surface area contributed by atoms with Crippen LogP contribution >= 0.6 is 0 Å². The molecule has 1 aliphatic heterocycles. The van der Waals surface area contributed by atoms with Gasteiger partial charge in [-0.05, 0) is 31.6 Å². The van der Waals surface area contributed by atoms with Crippen molar-refractivity contribution in [1.29, 1.82) is 0 Å². The van der Waals surface area contributed by atoms with Crippen molar-refractivity contribution in [2.45, 2.75) is 207 Å². The van der Waals surface area contributed by atoms with Crippen LogP contribution in [-0.4, -0.2) is 11.9 Å². The lowest BCUT2D eigenvalue weighted by molar-refractivity contribution is -0.153. The molecule has 43 heavy (non-hydrogen) atoms. The summed E-state index contributed by atoms with van der Waals surface area (Å²) >= 11 is 0. The summed E-state index contributed by atoms with van der Waals surface area (Å²) in [5.41, 5.74) is -0.873. The second-order valence-corrected chi connectivity index (χ2v) is 14.0. The highest BCUT2D eigenvalue weighted by atomic mass is 16.6. The van der Waals surface area contributed by atoms with E-state index in [4.69, 9.17) is 4.74 Å². The number of esters is 2. The Hall–Kier alpha value is -1.38. The maximum Gasteiger partial charge on any atom is 0.328 e. The Morgan fingerprint density at radius 2 is 0.907 bits per heavy atom. The molecule has 250 valence electrons. The zero-order valence-corrected chi connectivity index (χ0v) is 29.1. The number of hydrogen-bond donors (Lipinski definition) is 0. The highest BCUT2D eigenvalue weighted by Gasteiger charge is 2.45. The molecular formula is C40H72O3. The molecule has 1 atom stereocenters. The van der Waals surface area contributed by atoms with Crippen molar-refractivity contribution in [2.75, 3.05) is 0 Å². The fraction of sp³-hybridized carbons (Fsp3) is 0.850. The van der Waals surface area contributed by atoms with Gasteiger partial charge in [-0.25, -0.2) is 0 Å². The van der Waals surface area contributed by atoms with Gasteiger partial charge in [0, 0.05) is 0 Å². The van der Waals surface area contributed by atoms with Crippen LogP contribution in [-0.2, 0) is 14.3 Å². The van der Waals surface area contributed by atoms with Gasteiger partial charge in [0.1, 0.15) is 5.41 Å². The summed E-state index contributed by atoms with van der Waals surface area (Å²) < 4.78 is 4.96. The molecule has 0 spiro atoms. The Balaban J connectivity index is 2.07. The number of rotatable bonds is 31.